The number of imide groups is 1. The van der Waals surface area contributed by atoms with Crippen LogP contribution in [0.5, 0.6) is 5.75 Å². The Morgan fingerprint density at radius 3 is 2.62 bits per heavy atom. The van der Waals surface area contributed by atoms with E-state index in [1.807, 2.05) is 6.07 Å². The lowest BCUT2D eigenvalue weighted by Crippen LogP contribution is -2.52. The molecule has 0 spiro atoms. The number of piperazine rings is 1. The molecule has 1 aromatic rings. The zero-order valence-corrected chi connectivity index (χ0v) is 22.5. The summed E-state index contributed by atoms with van der Waals surface area (Å²) in [6.45, 7) is 6.33. The zero-order chi connectivity index (χ0) is 27.6. The summed E-state index contributed by atoms with van der Waals surface area (Å²) in [5, 5.41) is 14.0. The third kappa shape index (κ3) is 8.00. The van der Waals surface area contributed by atoms with Gasteiger partial charge in [0.25, 0.3) is 5.91 Å². The van der Waals surface area contributed by atoms with Crippen LogP contribution in [0.3, 0.4) is 0 Å². The van der Waals surface area contributed by atoms with Crippen molar-refractivity contribution in [3.63, 3.8) is 0 Å². The van der Waals surface area contributed by atoms with Gasteiger partial charge in [-0.15, -0.1) is 0 Å². The number of unbranched alkanes of at least 4 members (excludes halogenated alkanes) is 3. The molecule has 2 N–H and O–H groups in total. The molecule has 39 heavy (non-hydrogen) atoms. The van der Waals surface area contributed by atoms with E-state index in [4.69, 9.17) is 10.00 Å². The van der Waals surface area contributed by atoms with Crippen molar-refractivity contribution in [2.75, 3.05) is 52.4 Å². The molecular formula is C28H38N6O5. The molecule has 0 aliphatic carbocycles. The van der Waals surface area contributed by atoms with Crippen LogP contribution in [0.4, 0.5) is 0 Å². The molecule has 0 aromatic heterocycles. The summed E-state index contributed by atoms with van der Waals surface area (Å²) >= 11 is 0. The van der Waals surface area contributed by atoms with Gasteiger partial charge in [-0.3, -0.25) is 34.3 Å². The van der Waals surface area contributed by atoms with Crippen molar-refractivity contribution >= 4 is 23.6 Å². The fraction of sp³-hybridized carbons (Fsp3) is 0.607. The predicted octanol–water partition coefficient (Wildman–Crippen LogP) is 1.03. The van der Waals surface area contributed by atoms with E-state index in [-0.39, 0.29) is 24.1 Å². The molecule has 2 fully saturated rings. The van der Waals surface area contributed by atoms with Crippen LogP contribution < -0.4 is 15.4 Å². The molecule has 0 saturated carbocycles. The Morgan fingerprint density at radius 2 is 1.85 bits per heavy atom. The van der Waals surface area contributed by atoms with Crippen LogP contribution in [0, 0.1) is 11.3 Å². The molecule has 4 amide bonds. The zero-order valence-electron chi connectivity index (χ0n) is 22.5. The highest BCUT2D eigenvalue weighted by Crippen LogP contribution is 2.30. The molecular weight excluding hydrogens is 500 g/mol. The molecule has 3 heterocycles. The first kappa shape index (κ1) is 28.5. The van der Waals surface area contributed by atoms with E-state index in [0.29, 0.717) is 50.4 Å². The number of nitriles is 1. The van der Waals surface area contributed by atoms with Gasteiger partial charge in [0.15, 0.2) is 0 Å². The molecule has 210 valence electrons. The number of ether oxygens (including phenoxy) is 1. The summed E-state index contributed by atoms with van der Waals surface area (Å²) in [7, 11) is 0. The molecule has 0 bridgehead atoms. The van der Waals surface area contributed by atoms with Crippen molar-refractivity contribution in [1.29, 1.82) is 5.26 Å². The van der Waals surface area contributed by atoms with Crippen molar-refractivity contribution in [1.82, 2.24) is 25.3 Å². The van der Waals surface area contributed by atoms with Gasteiger partial charge in [0.05, 0.1) is 19.2 Å². The molecule has 1 atom stereocenters. The van der Waals surface area contributed by atoms with Crippen LogP contribution >= 0.6 is 0 Å². The van der Waals surface area contributed by atoms with Crippen molar-refractivity contribution in [2.45, 2.75) is 57.5 Å². The number of nitrogens with one attached hydrogen (secondary N) is 2. The average Bonchev–Trinajstić information content (AvgIpc) is 3.25. The number of hydrogen-bond acceptors (Lipinski definition) is 8. The minimum atomic E-state index is -0.617. The molecule has 11 heteroatoms. The smallest absolute Gasteiger partial charge is 0.255 e. The number of hydrogen-bond donors (Lipinski definition) is 2. The standard InChI is InChI=1S/C28H38N6O5/c29-10-5-12-32-13-15-33(16-14-32)20-26(36)30-11-3-1-2-4-17-39-22-6-7-23-21(18-22)19-34(28(23)38)24-8-9-25(35)31-27(24)37/h6-7,18,24H,1-5,8-9,11-17,19-20H2,(H,30,36)(H,31,35,37). The van der Waals surface area contributed by atoms with Gasteiger partial charge in [-0.1, -0.05) is 12.8 Å². The quantitative estimate of drug-likeness (QED) is 0.281. The topological polar surface area (TPSA) is 135 Å². The van der Waals surface area contributed by atoms with Crippen LogP contribution in [-0.4, -0.2) is 96.8 Å². The minimum absolute atomic E-state index is 0.0649. The Labute approximate surface area is 229 Å². The van der Waals surface area contributed by atoms with Crippen molar-refractivity contribution in [3.8, 4) is 11.8 Å². The molecule has 1 aromatic carbocycles. The maximum atomic E-state index is 12.8. The van der Waals surface area contributed by atoms with Gasteiger partial charge in [0.1, 0.15) is 11.8 Å². The average molecular weight is 539 g/mol. The third-order valence-corrected chi connectivity index (χ3v) is 7.53. The maximum Gasteiger partial charge on any atom is 0.255 e. The Morgan fingerprint density at radius 1 is 1.08 bits per heavy atom. The SMILES string of the molecule is N#CCCN1CCN(CC(=O)NCCCCCCOc2ccc3c(c2)CN(C2CCC(=O)NC2=O)C3=O)CC1. The summed E-state index contributed by atoms with van der Waals surface area (Å²) < 4.78 is 5.89. The summed E-state index contributed by atoms with van der Waals surface area (Å²) in [4.78, 5) is 54.6. The highest BCUT2D eigenvalue weighted by molar-refractivity contribution is 6.05. The third-order valence-electron chi connectivity index (χ3n) is 7.53. The Hall–Kier alpha value is -3.49. The second-order valence-corrected chi connectivity index (χ2v) is 10.4. The highest BCUT2D eigenvalue weighted by atomic mass is 16.5. The van der Waals surface area contributed by atoms with Gasteiger partial charge in [-0.25, -0.2) is 0 Å². The Balaban J connectivity index is 1.06. The van der Waals surface area contributed by atoms with Crippen molar-refractivity contribution < 1.29 is 23.9 Å². The van der Waals surface area contributed by atoms with Crippen LogP contribution in [0.1, 0.15) is 60.9 Å². The van der Waals surface area contributed by atoms with Gasteiger partial charge >= 0.3 is 0 Å². The van der Waals surface area contributed by atoms with Gasteiger partial charge < -0.3 is 15.0 Å². The molecule has 3 aliphatic heterocycles. The second kappa shape index (κ2) is 14.1. The number of piperidine rings is 1. The maximum absolute atomic E-state index is 12.8. The molecule has 4 rings (SSSR count). The fourth-order valence-corrected chi connectivity index (χ4v) is 5.28. The fourth-order valence-electron chi connectivity index (χ4n) is 5.28. The second-order valence-electron chi connectivity index (χ2n) is 10.4. The number of carbonyl (C=O) groups excluding carboxylic acids is 4. The highest BCUT2D eigenvalue weighted by Gasteiger charge is 2.39. The summed E-state index contributed by atoms with van der Waals surface area (Å²) in [6.07, 6.45) is 4.94. The first-order valence-electron chi connectivity index (χ1n) is 13.9. The first-order chi connectivity index (χ1) is 18.9. The van der Waals surface area contributed by atoms with E-state index in [1.54, 1.807) is 12.1 Å². The predicted molar refractivity (Wildman–Crippen MR) is 143 cm³/mol. The van der Waals surface area contributed by atoms with Crippen LogP contribution in [0.25, 0.3) is 0 Å². The molecule has 11 nitrogen and oxygen atoms in total. The van der Waals surface area contributed by atoms with E-state index >= 15 is 0 Å². The summed E-state index contributed by atoms with van der Waals surface area (Å²) in [6, 6.07) is 6.95. The number of fused-ring (bicyclic) bond motifs is 1. The van der Waals surface area contributed by atoms with E-state index < -0.39 is 11.9 Å². The molecule has 2 saturated heterocycles. The Bertz CT molecular complexity index is 1090. The largest absolute Gasteiger partial charge is 0.494 e. The van der Waals surface area contributed by atoms with E-state index in [0.717, 1.165) is 64.0 Å². The monoisotopic (exact) mass is 538 g/mol. The van der Waals surface area contributed by atoms with Crippen LogP contribution in [0.15, 0.2) is 18.2 Å². The lowest BCUT2D eigenvalue weighted by atomic mass is 10.0. The van der Waals surface area contributed by atoms with Crippen molar-refractivity contribution in [3.05, 3.63) is 29.3 Å². The van der Waals surface area contributed by atoms with Gasteiger partial charge in [0.2, 0.25) is 17.7 Å². The van der Waals surface area contributed by atoms with Gasteiger partial charge in [-0.2, -0.15) is 5.26 Å². The lowest BCUT2D eigenvalue weighted by Gasteiger charge is -2.33. The molecule has 3 aliphatic rings. The minimum Gasteiger partial charge on any atom is -0.494 e. The first-order valence-corrected chi connectivity index (χ1v) is 13.9. The van der Waals surface area contributed by atoms with E-state index in [9.17, 15) is 19.2 Å². The van der Waals surface area contributed by atoms with Crippen LogP contribution in [-0.2, 0) is 20.9 Å². The van der Waals surface area contributed by atoms with Gasteiger partial charge in [-0.05, 0) is 43.0 Å². The van der Waals surface area contributed by atoms with Crippen LogP contribution in [0.2, 0.25) is 0 Å². The van der Waals surface area contributed by atoms with Gasteiger partial charge in [0, 0.05) is 64.2 Å². The number of benzene rings is 1. The number of amides is 4. The number of carbonyl (C=O) groups is 4. The normalized spacial score (nSPS) is 19.9. The summed E-state index contributed by atoms with van der Waals surface area (Å²) in [5.41, 5.74) is 1.41. The molecule has 1 unspecified atom stereocenters. The number of rotatable bonds is 13. The number of nitrogens with zero attached hydrogens (tertiary/aromatic N) is 4. The molecule has 0 radical (unpaired) electrons. The van der Waals surface area contributed by atoms with Crippen molar-refractivity contribution in [2.24, 2.45) is 0 Å². The van der Waals surface area contributed by atoms with E-state index in [2.05, 4.69) is 26.5 Å². The summed E-state index contributed by atoms with van der Waals surface area (Å²) in [5.74, 6) is -0.131. The lowest BCUT2D eigenvalue weighted by molar-refractivity contribution is -0.137. The Kier molecular flexibility index (Phi) is 10.3. The van der Waals surface area contributed by atoms with E-state index in [1.165, 1.54) is 4.90 Å².